The molecule has 42 heavy (non-hydrogen) atoms. The van der Waals surface area contributed by atoms with Crippen LogP contribution >= 0.6 is 0 Å². The van der Waals surface area contributed by atoms with Gasteiger partial charge in [-0.1, -0.05) is 121 Å². The van der Waals surface area contributed by atoms with Gasteiger partial charge in [-0.15, -0.1) is 0 Å². The average Bonchev–Trinajstić information content (AvgIpc) is 3.04. The minimum Gasteiger partial charge on any atom is -0.289 e. The zero-order valence-electron chi connectivity index (χ0n) is 22.8. The molecule has 0 saturated heterocycles. The highest BCUT2D eigenvalue weighted by Gasteiger charge is 2.10. The molecule has 0 aliphatic heterocycles. The largest absolute Gasteiger partial charge is 0.289 e. The lowest BCUT2D eigenvalue weighted by molar-refractivity contribution is 0.103. The molecule has 0 heterocycles. The number of carbonyl (C=O) groups excluding carboxylic acids is 2. The van der Waals surface area contributed by atoms with E-state index in [9.17, 15) is 9.59 Å². The van der Waals surface area contributed by atoms with E-state index in [0.717, 1.165) is 54.2 Å². The van der Waals surface area contributed by atoms with E-state index in [2.05, 4.69) is 60.7 Å². The Morgan fingerprint density at radius 2 is 0.667 bits per heavy atom. The van der Waals surface area contributed by atoms with Crippen LogP contribution in [0.5, 0.6) is 0 Å². The zero-order valence-corrected chi connectivity index (χ0v) is 22.8. The number of benzene rings is 7. The number of fused-ring (bicyclic) bond motifs is 4. The van der Waals surface area contributed by atoms with Gasteiger partial charge in [0.15, 0.2) is 11.6 Å². The first-order valence-corrected chi connectivity index (χ1v) is 14.0. The van der Waals surface area contributed by atoms with E-state index < -0.39 is 0 Å². The summed E-state index contributed by atoms with van der Waals surface area (Å²) in [5, 5.41) is 8.95. The fraction of sp³-hybridized carbons (Fsp3) is 0. The second-order valence-corrected chi connectivity index (χ2v) is 10.4. The van der Waals surface area contributed by atoms with E-state index in [1.54, 1.807) is 36.4 Å². The Balaban J connectivity index is 1.15. The van der Waals surface area contributed by atoms with Gasteiger partial charge in [0.05, 0.1) is 0 Å². The van der Waals surface area contributed by atoms with Gasteiger partial charge in [0, 0.05) is 11.1 Å². The highest BCUT2D eigenvalue weighted by atomic mass is 16.1. The highest BCUT2D eigenvalue weighted by molar-refractivity contribution is 6.14. The third kappa shape index (κ3) is 4.70. The summed E-state index contributed by atoms with van der Waals surface area (Å²) in [6, 6.07) is 44.1. The van der Waals surface area contributed by atoms with Gasteiger partial charge in [-0.3, -0.25) is 9.59 Å². The van der Waals surface area contributed by atoms with Crippen LogP contribution in [0.4, 0.5) is 0 Å². The van der Waals surface area contributed by atoms with Crippen molar-refractivity contribution in [2.75, 3.05) is 0 Å². The molecule has 0 amide bonds. The second-order valence-electron chi connectivity index (χ2n) is 10.4. The van der Waals surface area contributed by atoms with Gasteiger partial charge in [-0.25, -0.2) is 0 Å². The maximum Gasteiger partial charge on any atom is 0.185 e. The minimum atomic E-state index is -0.108. The number of allylic oxidation sites excluding steroid dienone is 2. The summed E-state index contributed by atoms with van der Waals surface area (Å²) in [7, 11) is 0. The predicted molar refractivity (Wildman–Crippen MR) is 176 cm³/mol. The van der Waals surface area contributed by atoms with Crippen LogP contribution in [-0.4, -0.2) is 11.6 Å². The normalized spacial score (nSPS) is 11.8. The first-order chi connectivity index (χ1) is 20.7. The van der Waals surface area contributed by atoms with Crippen molar-refractivity contribution in [1.29, 1.82) is 0 Å². The van der Waals surface area contributed by atoms with E-state index in [4.69, 9.17) is 0 Å². The monoisotopic (exact) mass is 538 g/mol. The molecular weight excluding hydrogens is 512 g/mol. The third-order valence-electron chi connectivity index (χ3n) is 7.88. The van der Waals surface area contributed by atoms with Gasteiger partial charge in [-0.2, -0.15) is 0 Å². The average molecular weight is 539 g/mol. The molecule has 0 saturated carbocycles. The molecule has 7 aromatic carbocycles. The van der Waals surface area contributed by atoms with E-state index in [-0.39, 0.29) is 11.6 Å². The first kappa shape index (κ1) is 25.4. The lowest BCUT2D eigenvalue weighted by Gasteiger charge is -2.08. The lowest BCUT2D eigenvalue weighted by Crippen LogP contribution is -1.98. The minimum absolute atomic E-state index is 0.108. The summed E-state index contributed by atoms with van der Waals surface area (Å²) < 4.78 is 0. The summed E-state index contributed by atoms with van der Waals surface area (Å²) in [6.45, 7) is 0. The molecule has 0 spiro atoms. The van der Waals surface area contributed by atoms with Crippen LogP contribution in [0.3, 0.4) is 0 Å². The van der Waals surface area contributed by atoms with Crippen LogP contribution in [0.15, 0.2) is 146 Å². The van der Waals surface area contributed by atoms with Crippen LogP contribution in [0.2, 0.25) is 0 Å². The van der Waals surface area contributed by atoms with Crippen molar-refractivity contribution in [3.05, 3.63) is 168 Å². The van der Waals surface area contributed by atoms with Crippen LogP contribution < -0.4 is 0 Å². The molecule has 2 nitrogen and oxygen atoms in total. The first-order valence-electron chi connectivity index (χ1n) is 14.0. The maximum atomic E-state index is 13.1. The third-order valence-corrected chi connectivity index (χ3v) is 7.88. The van der Waals surface area contributed by atoms with Gasteiger partial charge >= 0.3 is 0 Å². The summed E-state index contributed by atoms with van der Waals surface area (Å²) in [5.74, 6) is -0.215. The van der Waals surface area contributed by atoms with Gasteiger partial charge in [0.1, 0.15) is 0 Å². The highest BCUT2D eigenvalue weighted by Crippen LogP contribution is 2.31. The van der Waals surface area contributed by atoms with Gasteiger partial charge in [0.25, 0.3) is 0 Å². The van der Waals surface area contributed by atoms with Crippen LogP contribution in [0.25, 0.3) is 55.2 Å². The molecule has 0 N–H and O–H groups in total. The Bertz CT molecular complexity index is 1950. The fourth-order valence-electron chi connectivity index (χ4n) is 5.77. The summed E-state index contributed by atoms with van der Waals surface area (Å²) in [5.41, 5.74) is 3.12. The van der Waals surface area contributed by atoms with E-state index in [1.807, 2.05) is 60.7 Å². The number of hydrogen-bond donors (Lipinski definition) is 0. The Hall–Kier alpha value is -5.60. The Kier molecular flexibility index (Phi) is 6.50. The van der Waals surface area contributed by atoms with Crippen molar-refractivity contribution in [2.45, 2.75) is 0 Å². The Labute approximate surface area is 243 Å². The maximum absolute atomic E-state index is 13.1. The zero-order chi connectivity index (χ0) is 28.5. The van der Waals surface area contributed by atoms with Gasteiger partial charge < -0.3 is 0 Å². The van der Waals surface area contributed by atoms with Gasteiger partial charge in [0.2, 0.25) is 0 Å². The number of carbonyl (C=O) groups is 2. The molecule has 7 aromatic rings. The summed E-state index contributed by atoms with van der Waals surface area (Å²) >= 11 is 0. The predicted octanol–water partition coefficient (Wildman–Crippen LogP) is 10.1. The molecule has 0 bridgehead atoms. The number of rotatable bonds is 6. The van der Waals surface area contributed by atoms with Crippen molar-refractivity contribution in [3.8, 4) is 0 Å². The van der Waals surface area contributed by atoms with Crippen LogP contribution in [0, 0.1) is 0 Å². The molecule has 7 rings (SSSR count). The van der Waals surface area contributed by atoms with E-state index >= 15 is 0 Å². The number of ketones is 2. The van der Waals surface area contributed by atoms with E-state index in [0.29, 0.717) is 11.1 Å². The molecule has 0 unspecified atom stereocenters. The standard InChI is InChI=1S/C40H26O2/c41-39(23-21-37-33-13-5-1-9-29(33)25-30-10-2-6-14-34(30)37)27-17-19-28(20-18-27)40(42)24-22-38-35-15-7-3-11-31(35)26-32-12-4-8-16-36(32)38/h1-26H/b23-21-,24-22+. The van der Waals surface area contributed by atoms with Crippen molar-refractivity contribution >= 4 is 66.8 Å². The smallest absolute Gasteiger partial charge is 0.185 e. The SMILES string of the molecule is O=C(/C=C\c1c2ccccc2cc2ccccc12)c1ccc(C(=O)/C=C/c2c3ccccc3cc3ccccc23)cc1. The van der Waals surface area contributed by atoms with Gasteiger partial charge in [-0.05, 0) is 90.7 Å². The molecular formula is C40H26O2. The Morgan fingerprint density at radius 3 is 0.976 bits per heavy atom. The summed E-state index contributed by atoms with van der Waals surface area (Å²) in [4.78, 5) is 26.3. The Morgan fingerprint density at radius 1 is 0.381 bits per heavy atom. The molecule has 0 aliphatic carbocycles. The lowest BCUT2D eigenvalue weighted by atomic mass is 9.95. The molecule has 198 valence electrons. The summed E-state index contributed by atoms with van der Waals surface area (Å²) in [6.07, 6.45) is 7.06. The second kappa shape index (κ2) is 10.8. The molecule has 0 fully saturated rings. The topological polar surface area (TPSA) is 34.1 Å². The van der Waals surface area contributed by atoms with Crippen molar-refractivity contribution < 1.29 is 9.59 Å². The van der Waals surface area contributed by atoms with Crippen LogP contribution in [0.1, 0.15) is 31.8 Å². The van der Waals surface area contributed by atoms with Crippen molar-refractivity contribution in [3.63, 3.8) is 0 Å². The van der Waals surface area contributed by atoms with Crippen LogP contribution in [-0.2, 0) is 0 Å². The quantitative estimate of drug-likeness (QED) is 0.120. The molecule has 0 aromatic heterocycles. The number of hydrogen-bond acceptors (Lipinski definition) is 2. The fourth-order valence-corrected chi connectivity index (χ4v) is 5.77. The molecule has 0 atom stereocenters. The molecule has 2 heteroatoms. The molecule has 0 radical (unpaired) electrons. The van der Waals surface area contributed by atoms with E-state index in [1.165, 1.54) is 0 Å². The molecule has 0 aliphatic rings. The van der Waals surface area contributed by atoms with Crippen molar-refractivity contribution in [2.24, 2.45) is 0 Å². The van der Waals surface area contributed by atoms with Crippen molar-refractivity contribution in [1.82, 2.24) is 0 Å².